The van der Waals surface area contributed by atoms with Crippen molar-refractivity contribution in [3.8, 4) is 5.75 Å². The molecule has 1 N–H and O–H groups in total. The zero-order valence-electron chi connectivity index (χ0n) is 17.1. The molecule has 2 aromatic carbocycles. The van der Waals surface area contributed by atoms with Crippen LogP contribution in [0.4, 0.5) is 13.2 Å². The van der Waals surface area contributed by atoms with Crippen LogP contribution in [0, 0.1) is 17.5 Å². The van der Waals surface area contributed by atoms with Crippen LogP contribution in [0.15, 0.2) is 47.4 Å². The van der Waals surface area contributed by atoms with Crippen LogP contribution in [0.2, 0.25) is 0 Å². The standard InChI is InChI=1S/C21H23F3N2O4S/c1-21(2,30-16-6-7-18(23)19(24)13-16)20(27)25-15-8-10-26(11-9-15)31(28,29)17-5-3-4-14(22)12-17/h3-7,12-13,15H,8-11H2,1-2H3,(H,25,27). The molecule has 1 aliphatic rings. The summed E-state index contributed by atoms with van der Waals surface area (Å²) in [5, 5.41) is 2.81. The van der Waals surface area contributed by atoms with E-state index in [1.807, 2.05) is 0 Å². The molecule has 1 saturated heterocycles. The van der Waals surface area contributed by atoms with E-state index in [0.29, 0.717) is 12.8 Å². The molecule has 31 heavy (non-hydrogen) atoms. The molecule has 0 unspecified atom stereocenters. The lowest BCUT2D eigenvalue weighted by atomic mass is 10.0. The number of nitrogens with one attached hydrogen (secondary N) is 1. The predicted molar refractivity (Wildman–Crippen MR) is 107 cm³/mol. The number of rotatable bonds is 6. The van der Waals surface area contributed by atoms with Gasteiger partial charge in [-0.05, 0) is 57.0 Å². The highest BCUT2D eigenvalue weighted by Crippen LogP contribution is 2.24. The molecule has 6 nitrogen and oxygen atoms in total. The minimum absolute atomic E-state index is 0.00931. The smallest absolute Gasteiger partial charge is 0.263 e. The summed E-state index contributed by atoms with van der Waals surface area (Å²) in [7, 11) is -3.82. The molecular formula is C21H23F3N2O4S. The third-order valence-electron chi connectivity index (χ3n) is 5.03. The van der Waals surface area contributed by atoms with Crippen molar-refractivity contribution in [2.24, 2.45) is 0 Å². The van der Waals surface area contributed by atoms with Gasteiger partial charge in [-0.1, -0.05) is 6.07 Å². The van der Waals surface area contributed by atoms with Crippen LogP contribution in [0.1, 0.15) is 26.7 Å². The predicted octanol–water partition coefficient (Wildman–Crippen LogP) is 3.23. The maximum absolute atomic E-state index is 13.4. The number of benzene rings is 2. The van der Waals surface area contributed by atoms with E-state index in [4.69, 9.17) is 4.74 Å². The van der Waals surface area contributed by atoms with Gasteiger partial charge in [0.05, 0.1) is 4.90 Å². The first-order valence-electron chi connectivity index (χ1n) is 9.70. The van der Waals surface area contributed by atoms with E-state index >= 15 is 0 Å². The van der Waals surface area contributed by atoms with Crippen LogP contribution >= 0.6 is 0 Å². The highest BCUT2D eigenvalue weighted by molar-refractivity contribution is 7.89. The van der Waals surface area contributed by atoms with Crippen LogP contribution in [0.5, 0.6) is 5.75 Å². The first-order valence-corrected chi connectivity index (χ1v) is 11.1. The minimum Gasteiger partial charge on any atom is -0.478 e. The van der Waals surface area contributed by atoms with E-state index in [1.165, 1.54) is 42.4 Å². The summed E-state index contributed by atoms with van der Waals surface area (Å²) in [5.41, 5.74) is -1.37. The lowest BCUT2D eigenvalue weighted by molar-refractivity contribution is -0.135. The zero-order valence-corrected chi connectivity index (χ0v) is 17.9. The molecule has 0 aromatic heterocycles. The Bertz CT molecular complexity index is 1070. The van der Waals surface area contributed by atoms with E-state index in [1.54, 1.807) is 0 Å². The lowest BCUT2D eigenvalue weighted by Crippen LogP contribution is -2.53. The van der Waals surface area contributed by atoms with Gasteiger partial charge in [0.15, 0.2) is 17.2 Å². The Morgan fingerprint density at radius 3 is 2.35 bits per heavy atom. The monoisotopic (exact) mass is 456 g/mol. The van der Waals surface area contributed by atoms with Gasteiger partial charge in [-0.25, -0.2) is 21.6 Å². The Morgan fingerprint density at radius 1 is 1.06 bits per heavy atom. The summed E-state index contributed by atoms with van der Waals surface area (Å²) in [6, 6.07) is 7.52. The minimum atomic E-state index is -3.82. The zero-order chi connectivity index (χ0) is 22.8. The van der Waals surface area contributed by atoms with Crippen LogP contribution in [0.25, 0.3) is 0 Å². The van der Waals surface area contributed by atoms with E-state index in [0.717, 1.165) is 18.2 Å². The van der Waals surface area contributed by atoms with Gasteiger partial charge in [-0.2, -0.15) is 4.31 Å². The molecule has 1 aliphatic heterocycles. The maximum atomic E-state index is 13.4. The van der Waals surface area contributed by atoms with Gasteiger partial charge in [-0.15, -0.1) is 0 Å². The lowest BCUT2D eigenvalue weighted by Gasteiger charge is -2.34. The quantitative estimate of drug-likeness (QED) is 0.724. The number of nitrogens with zero attached hydrogens (tertiary/aromatic N) is 1. The summed E-state index contributed by atoms with van der Waals surface area (Å²) in [5.74, 6) is -3.19. The number of halogens is 3. The SMILES string of the molecule is CC(C)(Oc1ccc(F)c(F)c1)C(=O)NC1CCN(S(=O)(=O)c2cccc(F)c2)CC1. The number of hydrogen-bond acceptors (Lipinski definition) is 4. The van der Waals surface area contributed by atoms with Crippen molar-refractivity contribution in [1.82, 2.24) is 9.62 Å². The number of carbonyl (C=O) groups excluding carboxylic acids is 1. The fourth-order valence-corrected chi connectivity index (χ4v) is 4.76. The Balaban J connectivity index is 1.58. The fourth-order valence-electron chi connectivity index (χ4n) is 3.26. The van der Waals surface area contributed by atoms with Gasteiger partial charge in [0.25, 0.3) is 5.91 Å². The summed E-state index contributed by atoms with van der Waals surface area (Å²) in [6.45, 7) is 3.31. The summed E-state index contributed by atoms with van der Waals surface area (Å²) < 4.78 is 72.0. The Hall–Kier alpha value is -2.59. The van der Waals surface area contributed by atoms with E-state index in [2.05, 4.69) is 5.32 Å². The normalized spacial score (nSPS) is 16.2. The van der Waals surface area contributed by atoms with Gasteiger partial charge >= 0.3 is 0 Å². The van der Waals surface area contributed by atoms with Gasteiger partial charge in [0, 0.05) is 25.2 Å². The summed E-state index contributed by atoms with van der Waals surface area (Å²) in [6.07, 6.45) is 0.725. The van der Waals surface area contributed by atoms with Crippen molar-refractivity contribution in [3.63, 3.8) is 0 Å². The van der Waals surface area contributed by atoms with Crippen molar-refractivity contribution in [2.45, 2.75) is 43.2 Å². The molecule has 1 amide bonds. The van der Waals surface area contributed by atoms with Crippen LogP contribution < -0.4 is 10.1 Å². The topological polar surface area (TPSA) is 75.7 Å². The summed E-state index contributed by atoms with van der Waals surface area (Å²) >= 11 is 0. The average Bonchev–Trinajstić information content (AvgIpc) is 2.71. The molecule has 0 spiro atoms. The highest BCUT2D eigenvalue weighted by Gasteiger charge is 2.35. The average molecular weight is 456 g/mol. The second-order valence-electron chi connectivity index (χ2n) is 7.80. The molecule has 1 heterocycles. The van der Waals surface area contributed by atoms with Crippen LogP contribution in [0.3, 0.4) is 0 Å². The molecular weight excluding hydrogens is 433 g/mol. The van der Waals surface area contributed by atoms with E-state index < -0.39 is 39.0 Å². The van der Waals surface area contributed by atoms with Crippen molar-refractivity contribution < 1.29 is 31.1 Å². The Labute approximate surface area is 179 Å². The maximum Gasteiger partial charge on any atom is 0.263 e. The van der Waals surface area contributed by atoms with E-state index in [-0.39, 0.29) is 29.8 Å². The van der Waals surface area contributed by atoms with Crippen molar-refractivity contribution >= 4 is 15.9 Å². The molecule has 0 atom stereocenters. The second kappa shape index (κ2) is 8.88. The summed E-state index contributed by atoms with van der Waals surface area (Å²) in [4.78, 5) is 12.5. The number of amides is 1. The highest BCUT2D eigenvalue weighted by atomic mass is 32.2. The van der Waals surface area contributed by atoms with Gasteiger partial charge < -0.3 is 10.1 Å². The number of piperidine rings is 1. The molecule has 0 aliphatic carbocycles. The Kier molecular flexibility index (Phi) is 6.61. The van der Waals surface area contributed by atoms with Gasteiger partial charge in [0.2, 0.25) is 10.0 Å². The van der Waals surface area contributed by atoms with Crippen LogP contribution in [-0.4, -0.2) is 43.4 Å². The number of sulfonamides is 1. The molecule has 0 saturated carbocycles. The number of ether oxygens (including phenoxy) is 1. The van der Waals surface area contributed by atoms with Crippen molar-refractivity contribution in [1.29, 1.82) is 0 Å². The molecule has 0 bridgehead atoms. The number of hydrogen-bond donors (Lipinski definition) is 1. The third-order valence-corrected chi connectivity index (χ3v) is 6.93. The van der Waals surface area contributed by atoms with Crippen molar-refractivity contribution in [2.75, 3.05) is 13.1 Å². The largest absolute Gasteiger partial charge is 0.478 e. The van der Waals surface area contributed by atoms with Gasteiger partial charge in [0.1, 0.15) is 11.6 Å². The fraction of sp³-hybridized carbons (Fsp3) is 0.381. The molecule has 3 rings (SSSR count). The first-order chi connectivity index (χ1) is 14.5. The second-order valence-corrected chi connectivity index (χ2v) is 9.74. The van der Waals surface area contributed by atoms with Crippen molar-refractivity contribution in [3.05, 3.63) is 59.9 Å². The van der Waals surface area contributed by atoms with Crippen LogP contribution in [-0.2, 0) is 14.8 Å². The van der Waals surface area contributed by atoms with E-state index in [9.17, 15) is 26.4 Å². The molecule has 0 radical (unpaired) electrons. The first kappa shape index (κ1) is 23.1. The molecule has 168 valence electrons. The van der Waals surface area contributed by atoms with Gasteiger partial charge in [-0.3, -0.25) is 4.79 Å². The third kappa shape index (κ3) is 5.37. The molecule has 1 fully saturated rings. The number of carbonyl (C=O) groups is 1. The Morgan fingerprint density at radius 2 is 1.74 bits per heavy atom. The molecule has 2 aromatic rings. The molecule has 10 heteroatoms.